The van der Waals surface area contributed by atoms with Gasteiger partial charge in [-0.05, 0) is 39.6 Å². The summed E-state index contributed by atoms with van der Waals surface area (Å²) in [5.41, 5.74) is 3.34. The Kier molecular flexibility index (Phi) is 7.42. The lowest BCUT2D eigenvalue weighted by molar-refractivity contribution is 0.0429. The molecule has 0 spiro atoms. The van der Waals surface area contributed by atoms with Crippen molar-refractivity contribution in [1.29, 1.82) is 0 Å². The van der Waals surface area contributed by atoms with Gasteiger partial charge in [0.05, 0.1) is 12.0 Å². The van der Waals surface area contributed by atoms with Crippen molar-refractivity contribution in [3.63, 3.8) is 0 Å². The van der Waals surface area contributed by atoms with Crippen LogP contribution in [0.4, 0.5) is 0 Å². The normalized spacial score (nSPS) is 16.2. The zero-order chi connectivity index (χ0) is 26.6. The highest BCUT2D eigenvalue weighted by Crippen LogP contribution is 2.25. The van der Waals surface area contributed by atoms with E-state index in [2.05, 4.69) is 86.9 Å². The minimum absolute atomic E-state index is 0.147. The molecule has 0 saturated carbocycles. The van der Waals surface area contributed by atoms with E-state index in [4.69, 9.17) is 0 Å². The summed E-state index contributed by atoms with van der Waals surface area (Å²) in [5.74, 6) is 0.147. The van der Waals surface area contributed by atoms with Crippen LogP contribution in [0, 0.1) is 0 Å². The molecule has 6 rings (SSSR count). The average molecular weight is 517 g/mol. The van der Waals surface area contributed by atoms with E-state index in [9.17, 15) is 4.79 Å². The third-order valence-corrected chi connectivity index (χ3v) is 8.19. The van der Waals surface area contributed by atoms with Gasteiger partial charge in [0.15, 0.2) is 0 Å². The van der Waals surface area contributed by atoms with E-state index in [1.807, 2.05) is 36.8 Å². The van der Waals surface area contributed by atoms with Gasteiger partial charge in [-0.25, -0.2) is 4.98 Å². The molecule has 1 fully saturated rings. The number of unbranched alkanes of at least 4 members (excludes halogenated alkanes) is 1. The molecule has 5 heteroatoms. The van der Waals surface area contributed by atoms with Crippen LogP contribution in [0.2, 0.25) is 0 Å². The molecule has 5 nitrogen and oxygen atoms in total. The van der Waals surface area contributed by atoms with Gasteiger partial charge in [-0.2, -0.15) is 0 Å². The predicted molar refractivity (Wildman–Crippen MR) is 159 cm³/mol. The number of imidazole rings is 1. The number of piperazine rings is 1. The van der Waals surface area contributed by atoms with Crippen LogP contribution in [-0.4, -0.2) is 50.9 Å². The van der Waals surface area contributed by atoms with Crippen LogP contribution in [0.3, 0.4) is 0 Å². The predicted octanol–water partition coefficient (Wildman–Crippen LogP) is 6.75. The highest BCUT2D eigenvalue weighted by Gasteiger charge is 2.30. The quantitative estimate of drug-likeness (QED) is 0.229. The van der Waals surface area contributed by atoms with Gasteiger partial charge in [-0.3, -0.25) is 9.69 Å². The molecule has 0 radical (unpaired) electrons. The molecule has 1 unspecified atom stereocenters. The Morgan fingerprint density at radius 1 is 0.846 bits per heavy atom. The van der Waals surface area contributed by atoms with Crippen molar-refractivity contribution in [1.82, 2.24) is 19.4 Å². The zero-order valence-electron chi connectivity index (χ0n) is 22.7. The number of carbonyl (C=O) groups excluding carboxylic acids is 1. The molecule has 0 bridgehead atoms. The average Bonchev–Trinajstić information content (AvgIpc) is 3.42. The molecular weight excluding hydrogens is 480 g/mol. The number of nitrogens with zero attached hydrogens (tertiary/aromatic N) is 4. The number of hydrogen-bond acceptors (Lipinski definition) is 3. The summed E-state index contributed by atoms with van der Waals surface area (Å²) in [5, 5.41) is 4.71. The lowest BCUT2D eigenvalue weighted by Gasteiger charge is -2.41. The number of rotatable bonds is 8. The second-order valence-electron chi connectivity index (χ2n) is 10.7. The van der Waals surface area contributed by atoms with E-state index in [1.54, 1.807) is 0 Å². The second-order valence-corrected chi connectivity index (χ2v) is 10.7. The molecule has 198 valence electrons. The Morgan fingerprint density at radius 3 is 2.38 bits per heavy atom. The zero-order valence-corrected chi connectivity index (χ0v) is 22.7. The van der Waals surface area contributed by atoms with Crippen molar-refractivity contribution in [3.05, 3.63) is 114 Å². The maximum atomic E-state index is 13.7. The van der Waals surface area contributed by atoms with Crippen molar-refractivity contribution < 1.29 is 4.79 Å². The number of carbonyl (C=O) groups is 1. The monoisotopic (exact) mass is 516 g/mol. The van der Waals surface area contributed by atoms with Crippen LogP contribution in [-0.2, 0) is 13.1 Å². The van der Waals surface area contributed by atoms with Gasteiger partial charge < -0.3 is 9.47 Å². The number of benzene rings is 4. The van der Waals surface area contributed by atoms with Crippen molar-refractivity contribution in [2.75, 3.05) is 19.6 Å². The molecule has 0 N–H and O–H groups in total. The number of aromatic nitrogens is 2. The summed E-state index contributed by atoms with van der Waals surface area (Å²) in [7, 11) is 0. The summed E-state index contributed by atoms with van der Waals surface area (Å²) in [6.07, 6.45) is 7.37. The van der Waals surface area contributed by atoms with Crippen LogP contribution >= 0.6 is 0 Å². The molecule has 1 atom stereocenters. The fourth-order valence-electron chi connectivity index (χ4n) is 6.03. The van der Waals surface area contributed by atoms with Crippen LogP contribution in [0.1, 0.15) is 47.8 Å². The number of fused-ring (bicyclic) bond motifs is 2. The molecule has 1 aromatic heterocycles. The third kappa shape index (κ3) is 5.32. The van der Waals surface area contributed by atoms with Crippen molar-refractivity contribution >= 4 is 27.5 Å². The summed E-state index contributed by atoms with van der Waals surface area (Å²) < 4.78 is 2.28. The number of amides is 1. The standard InChI is InChI=1S/C34H36N4O/c1-2-3-15-29-23-37(34(39)33-18-9-13-27-11-5-7-17-32(27)33)20-19-36(29)24-30-21-35-25-38(30)22-28-14-8-12-26-10-4-6-16-31(26)28/h4-14,16-18,21,25,29H,2-3,15,19-20,22-24H2,1H3. The largest absolute Gasteiger partial charge is 0.336 e. The van der Waals surface area contributed by atoms with Crippen LogP contribution in [0.15, 0.2) is 97.5 Å². The Morgan fingerprint density at radius 2 is 1.56 bits per heavy atom. The van der Waals surface area contributed by atoms with Crippen LogP contribution < -0.4 is 0 Å². The minimum Gasteiger partial charge on any atom is -0.336 e. The number of hydrogen-bond donors (Lipinski definition) is 0. The summed E-state index contributed by atoms with van der Waals surface area (Å²) in [6, 6.07) is 29.7. The molecular formula is C34H36N4O. The first kappa shape index (κ1) is 25.3. The summed E-state index contributed by atoms with van der Waals surface area (Å²) in [4.78, 5) is 22.9. The van der Waals surface area contributed by atoms with Gasteiger partial charge in [0.25, 0.3) is 5.91 Å². The topological polar surface area (TPSA) is 41.4 Å². The Bertz CT molecular complexity index is 1580. The van der Waals surface area contributed by atoms with Crippen LogP contribution in [0.5, 0.6) is 0 Å². The molecule has 1 saturated heterocycles. The van der Waals surface area contributed by atoms with E-state index in [0.29, 0.717) is 6.04 Å². The van der Waals surface area contributed by atoms with Crippen LogP contribution in [0.25, 0.3) is 21.5 Å². The molecule has 1 aliphatic heterocycles. The highest BCUT2D eigenvalue weighted by atomic mass is 16.2. The Labute approximate surface area is 230 Å². The van der Waals surface area contributed by atoms with Gasteiger partial charge in [0.1, 0.15) is 0 Å². The van der Waals surface area contributed by atoms with E-state index in [0.717, 1.165) is 68.3 Å². The fourth-order valence-corrected chi connectivity index (χ4v) is 6.03. The van der Waals surface area contributed by atoms with E-state index >= 15 is 0 Å². The molecule has 5 aromatic rings. The molecule has 1 amide bonds. The Balaban J connectivity index is 1.20. The maximum absolute atomic E-state index is 13.7. The first-order chi connectivity index (χ1) is 19.2. The first-order valence-corrected chi connectivity index (χ1v) is 14.2. The smallest absolute Gasteiger partial charge is 0.254 e. The van der Waals surface area contributed by atoms with Gasteiger partial charge in [-0.15, -0.1) is 0 Å². The van der Waals surface area contributed by atoms with Gasteiger partial charge in [0, 0.05) is 50.5 Å². The molecule has 0 aliphatic carbocycles. The fraction of sp³-hybridized carbons (Fsp3) is 0.294. The maximum Gasteiger partial charge on any atom is 0.254 e. The van der Waals surface area contributed by atoms with Crippen molar-refractivity contribution in [2.24, 2.45) is 0 Å². The minimum atomic E-state index is 0.147. The Hall–Kier alpha value is -3.96. The van der Waals surface area contributed by atoms with Gasteiger partial charge in [-0.1, -0.05) is 98.6 Å². The highest BCUT2D eigenvalue weighted by molar-refractivity contribution is 6.07. The van der Waals surface area contributed by atoms with E-state index < -0.39 is 0 Å². The van der Waals surface area contributed by atoms with Crippen molar-refractivity contribution in [3.8, 4) is 0 Å². The molecule has 1 aliphatic rings. The SMILES string of the molecule is CCCCC1CN(C(=O)c2cccc3ccccc23)CCN1Cc1cncn1Cc1cccc2ccccc12. The molecule has 2 heterocycles. The molecule has 4 aromatic carbocycles. The summed E-state index contributed by atoms with van der Waals surface area (Å²) >= 11 is 0. The van der Waals surface area contributed by atoms with E-state index in [1.165, 1.54) is 22.0 Å². The van der Waals surface area contributed by atoms with Gasteiger partial charge >= 0.3 is 0 Å². The second kappa shape index (κ2) is 11.4. The van der Waals surface area contributed by atoms with Crippen molar-refractivity contribution in [2.45, 2.75) is 45.3 Å². The molecule has 39 heavy (non-hydrogen) atoms. The van der Waals surface area contributed by atoms with Gasteiger partial charge in [0.2, 0.25) is 0 Å². The van der Waals surface area contributed by atoms with E-state index in [-0.39, 0.29) is 5.91 Å². The lowest BCUT2D eigenvalue weighted by Crippen LogP contribution is -2.54. The summed E-state index contributed by atoms with van der Waals surface area (Å²) in [6.45, 7) is 6.25. The first-order valence-electron chi connectivity index (χ1n) is 14.2. The third-order valence-electron chi connectivity index (χ3n) is 8.19. The lowest BCUT2D eigenvalue weighted by atomic mass is 10.0.